The van der Waals surface area contributed by atoms with Gasteiger partial charge >= 0.3 is 5.97 Å². The minimum absolute atomic E-state index is 0.0918. The molecule has 6 nitrogen and oxygen atoms in total. The summed E-state index contributed by atoms with van der Waals surface area (Å²) in [4.78, 5) is 10.7. The van der Waals surface area contributed by atoms with Crippen molar-refractivity contribution >= 4 is 16.0 Å². The Hall–Kier alpha value is -1.44. The fourth-order valence-corrected chi connectivity index (χ4v) is 2.57. The Kier molecular flexibility index (Phi) is 4.22. The van der Waals surface area contributed by atoms with E-state index >= 15 is 0 Å². The van der Waals surface area contributed by atoms with Crippen LogP contribution in [0.1, 0.15) is 15.9 Å². The molecule has 0 unspecified atom stereocenters. The summed E-state index contributed by atoms with van der Waals surface area (Å²) in [6.07, 6.45) is 0. The number of sulfonamides is 1. The number of hydrogen-bond acceptors (Lipinski definition) is 4. The van der Waals surface area contributed by atoms with Crippen molar-refractivity contribution in [1.29, 1.82) is 0 Å². The third kappa shape index (κ3) is 3.26. The number of rotatable bonds is 5. The van der Waals surface area contributed by atoms with E-state index in [9.17, 15) is 13.2 Å². The topological polar surface area (TPSA) is 104 Å². The molecule has 0 radical (unpaired) electrons. The van der Waals surface area contributed by atoms with Gasteiger partial charge in [-0.1, -0.05) is 6.07 Å². The van der Waals surface area contributed by atoms with Gasteiger partial charge in [0.05, 0.1) is 17.1 Å². The Bertz CT molecular complexity index is 523. The summed E-state index contributed by atoms with van der Waals surface area (Å²) in [5.41, 5.74) is 0.348. The smallest absolute Gasteiger partial charge is 0.335 e. The van der Waals surface area contributed by atoms with Crippen LogP contribution in [-0.2, 0) is 10.0 Å². The van der Waals surface area contributed by atoms with Crippen molar-refractivity contribution < 1.29 is 23.4 Å². The number of carbonyl (C=O) groups is 1. The number of hydrogen-bond donors (Lipinski definition) is 3. The Morgan fingerprint density at radius 3 is 2.59 bits per heavy atom. The highest BCUT2D eigenvalue weighted by molar-refractivity contribution is 7.89. The van der Waals surface area contributed by atoms with Gasteiger partial charge in [0, 0.05) is 6.54 Å². The standard InChI is InChI=1S/C10H13NO5S/c1-7-2-3-8(10(13)14)6-9(7)17(15,16)11-4-5-12/h2-3,6,11-12H,4-5H2,1H3,(H,13,14). The van der Waals surface area contributed by atoms with Crippen molar-refractivity contribution in [3.63, 3.8) is 0 Å². The maximum Gasteiger partial charge on any atom is 0.335 e. The van der Waals surface area contributed by atoms with Crippen LogP contribution in [0.15, 0.2) is 23.1 Å². The molecule has 94 valence electrons. The van der Waals surface area contributed by atoms with Crippen LogP contribution in [0, 0.1) is 6.92 Å². The molecule has 0 aliphatic heterocycles. The zero-order valence-corrected chi connectivity index (χ0v) is 9.99. The Morgan fingerprint density at radius 1 is 1.41 bits per heavy atom. The van der Waals surface area contributed by atoms with Gasteiger partial charge < -0.3 is 10.2 Å². The second-order valence-corrected chi connectivity index (χ2v) is 5.14. The Labute approximate surface area is 99.0 Å². The number of carboxylic acids is 1. The molecule has 3 N–H and O–H groups in total. The lowest BCUT2D eigenvalue weighted by Gasteiger charge is -2.09. The number of aromatic carboxylic acids is 1. The number of carboxylic acid groups (broad SMARTS) is 1. The fraction of sp³-hybridized carbons (Fsp3) is 0.300. The van der Waals surface area contributed by atoms with E-state index in [1.165, 1.54) is 12.1 Å². The van der Waals surface area contributed by atoms with Gasteiger partial charge in [-0.2, -0.15) is 0 Å². The van der Waals surface area contributed by atoms with Gasteiger partial charge in [0.1, 0.15) is 0 Å². The second kappa shape index (κ2) is 5.26. The summed E-state index contributed by atoms with van der Waals surface area (Å²) in [6, 6.07) is 3.86. The molecule has 0 aliphatic rings. The summed E-state index contributed by atoms with van der Waals surface area (Å²) in [5, 5.41) is 17.4. The van der Waals surface area contributed by atoms with Crippen LogP contribution in [0.25, 0.3) is 0 Å². The molecule has 0 bridgehead atoms. The average Bonchev–Trinajstić information content (AvgIpc) is 2.26. The molecule has 0 saturated carbocycles. The summed E-state index contributed by atoms with van der Waals surface area (Å²) in [7, 11) is -3.78. The maximum atomic E-state index is 11.8. The molecular weight excluding hydrogens is 246 g/mol. The van der Waals surface area contributed by atoms with Gasteiger partial charge in [-0.15, -0.1) is 0 Å². The molecule has 0 aliphatic carbocycles. The number of aryl methyl sites for hydroxylation is 1. The second-order valence-electron chi connectivity index (χ2n) is 3.41. The van der Waals surface area contributed by atoms with E-state index in [1.807, 2.05) is 0 Å². The number of aliphatic hydroxyl groups excluding tert-OH is 1. The molecule has 0 amide bonds. The summed E-state index contributed by atoms with van der Waals surface area (Å²) in [6.45, 7) is 1.13. The summed E-state index contributed by atoms with van der Waals surface area (Å²) in [5.74, 6) is -1.19. The zero-order valence-electron chi connectivity index (χ0n) is 9.17. The van der Waals surface area contributed by atoms with Gasteiger partial charge in [-0.3, -0.25) is 0 Å². The van der Waals surface area contributed by atoms with Crippen LogP contribution in [-0.4, -0.2) is 37.8 Å². The summed E-state index contributed by atoms with van der Waals surface area (Å²) < 4.78 is 25.7. The van der Waals surface area contributed by atoms with Crippen molar-refractivity contribution in [2.75, 3.05) is 13.2 Å². The van der Waals surface area contributed by atoms with Gasteiger partial charge in [0.25, 0.3) is 0 Å². The molecule has 0 saturated heterocycles. The molecule has 0 atom stereocenters. The molecule has 1 aromatic rings. The van der Waals surface area contributed by atoms with Crippen LogP contribution in [0.2, 0.25) is 0 Å². The quantitative estimate of drug-likeness (QED) is 0.688. The van der Waals surface area contributed by atoms with E-state index in [4.69, 9.17) is 10.2 Å². The molecule has 1 aromatic carbocycles. The van der Waals surface area contributed by atoms with Gasteiger partial charge in [-0.25, -0.2) is 17.9 Å². The number of aliphatic hydroxyl groups is 1. The van der Waals surface area contributed by atoms with E-state index in [0.717, 1.165) is 6.07 Å². The van der Waals surface area contributed by atoms with E-state index in [1.54, 1.807) is 6.92 Å². The number of nitrogens with one attached hydrogen (secondary N) is 1. The van der Waals surface area contributed by atoms with E-state index < -0.39 is 16.0 Å². The third-order valence-electron chi connectivity index (χ3n) is 2.13. The lowest BCUT2D eigenvalue weighted by atomic mass is 10.1. The van der Waals surface area contributed by atoms with Crippen molar-refractivity contribution in [3.8, 4) is 0 Å². The van der Waals surface area contributed by atoms with Crippen LogP contribution in [0.4, 0.5) is 0 Å². The predicted octanol–water partition coefficient (Wildman–Crippen LogP) is -0.0362. The van der Waals surface area contributed by atoms with Crippen LogP contribution in [0.5, 0.6) is 0 Å². The highest BCUT2D eigenvalue weighted by Gasteiger charge is 2.18. The highest BCUT2D eigenvalue weighted by atomic mass is 32.2. The highest BCUT2D eigenvalue weighted by Crippen LogP contribution is 2.16. The Balaban J connectivity index is 3.20. The first-order valence-corrected chi connectivity index (χ1v) is 6.31. The largest absolute Gasteiger partial charge is 0.478 e. The zero-order chi connectivity index (χ0) is 13.1. The van der Waals surface area contributed by atoms with Gasteiger partial charge in [0.2, 0.25) is 10.0 Å². The monoisotopic (exact) mass is 259 g/mol. The van der Waals surface area contributed by atoms with Crippen molar-refractivity contribution in [2.45, 2.75) is 11.8 Å². The first kappa shape index (κ1) is 13.6. The lowest BCUT2D eigenvalue weighted by Crippen LogP contribution is -2.27. The van der Waals surface area contributed by atoms with Crippen molar-refractivity contribution in [2.24, 2.45) is 0 Å². The molecule has 0 fully saturated rings. The SMILES string of the molecule is Cc1ccc(C(=O)O)cc1S(=O)(=O)NCCO. The van der Waals surface area contributed by atoms with E-state index in [-0.39, 0.29) is 23.6 Å². The van der Waals surface area contributed by atoms with Gasteiger partial charge in [-0.05, 0) is 24.6 Å². The molecule has 17 heavy (non-hydrogen) atoms. The molecule has 1 rings (SSSR count). The molecule has 0 spiro atoms. The van der Waals surface area contributed by atoms with Crippen LogP contribution >= 0.6 is 0 Å². The van der Waals surface area contributed by atoms with E-state index in [0.29, 0.717) is 5.56 Å². The predicted molar refractivity (Wildman–Crippen MR) is 60.4 cm³/mol. The van der Waals surface area contributed by atoms with E-state index in [2.05, 4.69) is 4.72 Å². The Morgan fingerprint density at radius 2 is 2.06 bits per heavy atom. The molecular formula is C10H13NO5S. The van der Waals surface area contributed by atoms with Gasteiger partial charge in [0.15, 0.2) is 0 Å². The first-order chi connectivity index (χ1) is 7.88. The maximum absolute atomic E-state index is 11.8. The molecule has 7 heteroatoms. The normalized spacial score (nSPS) is 11.4. The third-order valence-corrected chi connectivity index (χ3v) is 3.73. The lowest BCUT2D eigenvalue weighted by molar-refractivity contribution is 0.0696. The van der Waals surface area contributed by atoms with Crippen LogP contribution < -0.4 is 4.72 Å². The number of benzene rings is 1. The van der Waals surface area contributed by atoms with Crippen molar-refractivity contribution in [3.05, 3.63) is 29.3 Å². The summed E-state index contributed by atoms with van der Waals surface area (Å²) >= 11 is 0. The fourth-order valence-electron chi connectivity index (χ4n) is 1.28. The minimum atomic E-state index is -3.78. The first-order valence-electron chi connectivity index (χ1n) is 4.83. The average molecular weight is 259 g/mol. The van der Waals surface area contributed by atoms with Crippen LogP contribution in [0.3, 0.4) is 0 Å². The molecule has 0 aromatic heterocycles. The van der Waals surface area contributed by atoms with Crippen molar-refractivity contribution in [1.82, 2.24) is 4.72 Å². The minimum Gasteiger partial charge on any atom is -0.478 e. The molecule has 0 heterocycles.